The molecule has 2 N–H and O–H groups in total. The first-order valence-electron chi connectivity index (χ1n) is 6.98. The number of benzene rings is 2. The third kappa shape index (κ3) is 4.46. The molecule has 0 aliphatic rings. The number of hydrogen-bond donors (Lipinski definition) is 2. The number of hydrogen-bond acceptors (Lipinski definition) is 4. The number of fused-ring (bicyclic) bond motifs is 2. The quantitative estimate of drug-likeness (QED) is 0.438. The van der Waals surface area contributed by atoms with Crippen LogP contribution in [0.5, 0.6) is 0 Å². The van der Waals surface area contributed by atoms with Gasteiger partial charge in [-0.15, -0.1) is 22.7 Å². The summed E-state index contributed by atoms with van der Waals surface area (Å²) < 4.78 is 2.05. The molecule has 0 amide bonds. The summed E-state index contributed by atoms with van der Waals surface area (Å²) in [6, 6.07) is 18.7. The largest absolute Gasteiger partial charge is 0.477 e. The van der Waals surface area contributed by atoms with Crippen LogP contribution in [-0.4, -0.2) is 22.2 Å². The summed E-state index contributed by atoms with van der Waals surface area (Å²) in [5, 5.41) is 19.4. The van der Waals surface area contributed by atoms with E-state index in [-0.39, 0.29) is 17.1 Å². The Kier molecular flexibility index (Phi) is 6.33. The molecule has 0 aliphatic heterocycles. The van der Waals surface area contributed by atoms with Crippen LogP contribution in [0, 0.1) is 0 Å². The molecule has 2 heterocycles. The molecule has 4 aromatic rings. The first-order valence-corrected chi connectivity index (χ1v) is 8.61. The third-order valence-corrected chi connectivity index (χ3v) is 5.48. The second-order valence-electron chi connectivity index (χ2n) is 4.91. The van der Waals surface area contributed by atoms with E-state index in [1.165, 1.54) is 22.7 Å². The summed E-state index contributed by atoms with van der Waals surface area (Å²) in [6.07, 6.45) is 0. The minimum absolute atomic E-state index is 0. The fraction of sp³-hybridized carbons (Fsp3) is 0. The van der Waals surface area contributed by atoms with E-state index in [9.17, 15) is 9.59 Å². The van der Waals surface area contributed by atoms with Crippen molar-refractivity contribution in [2.45, 2.75) is 0 Å². The summed E-state index contributed by atoms with van der Waals surface area (Å²) in [5.74, 6) is -1.70. The maximum absolute atomic E-state index is 10.6. The Morgan fingerprint density at radius 3 is 1.36 bits per heavy atom. The van der Waals surface area contributed by atoms with Crippen LogP contribution in [0.25, 0.3) is 20.2 Å². The van der Waals surface area contributed by atoms with Gasteiger partial charge in [-0.3, -0.25) is 0 Å². The fourth-order valence-electron chi connectivity index (χ4n) is 2.17. The van der Waals surface area contributed by atoms with Crippen molar-refractivity contribution in [1.29, 1.82) is 0 Å². The number of carbonyl (C=O) groups is 2. The Morgan fingerprint density at radius 2 is 1.04 bits per heavy atom. The Hall–Kier alpha value is -2.18. The molecule has 25 heavy (non-hydrogen) atoms. The minimum Gasteiger partial charge on any atom is -0.477 e. The van der Waals surface area contributed by atoms with Crippen molar-refractivity contribution >= 4 is 54.8 Å². The van der Waals surface area contributed by atoms with Gasteiger partial charge in [-0.2, -0.15) is 0 Å². The van der Waals surface area contributed by atoms with Crippen molar-refractivity contribution in [2.24, 2.45) is 0 Å². The maximum atomic E-state index is 10.6. The number of carboxylic acids is 2. The van der Waals surface area contributed by atoms with Crippen molar-refractivity contribution in [1.82, 2.24) is 0 Å². The average Bonchev–Trinajstić information content (AvgIpc) is 3.19. The van der Waals surface area contributed by atoms with Gasteiger partial charge in [0.05, 0.1) is 0 Å². The van der Waals surface area contributed by atoms with Crippen LogP contribution in [0.4, 0.5) is 0 Å². The first kappa shape index (κ1) is 19.1. The Bertz CT molecular complexity index is 886. The zero-order chi connectivity index (χ0) is 17.1. The van der Waals surface area contributed by atoms with Gasteiger partial charge in [0.25, 0.3) is 0 Å². The normalized spacial score (nSPS) is 9.92. The molecule has 0 aliphatic carbocycles. The van der Waals surface area contributed by atoms with E-state index >= 15 is 0 Å². The molecule has 0 saturated heterocycles. The zero-order valence-electron chi connectivity index (χ0n) is 12.6. The molecular formula is C18H12CuO4S2. The second-order valence-corrected chi connectivity index (χ2v) is 7.07. The third-order valence-electron chi connectivity index (χ3n) is 3.27. The number of thiophene rings is 2. The van der Waals surface area contributed by atoms with Crippen LogP contribution in [-0.2, 0) is 17.1 Å². The topological polar surface area (TPSA) is 74.6 Å². The Labute approximate surface area is 161 Å². The molecule has 1 radical (unpaired) electrons. The van der Waals surface area contributed by atoms with E-state index in [0.717, 1.165) is 20.2 Å². The number of rotatable bonds is 2. The molecule has 0 atom stereocenters. The van der Waals surface area contributed by atoms with Gasteiger partial charge in [0.2, 0.25) is 0 Å². The predicted octanol–water partition coefficient (Wildman–Crippen LogP) is 5.20. The average molecular weight is 420 g/mol. The van der Waals surface area contributed by atoms with Gasteiger partial charge < -0.3 is 10.2 Å². The number of carboxylic acid groups (broad SMARTS) is 2. The minimum atomic E-state index is -0.851. The molecule has 0 unspecified atom stereocenters. The van der Waals surface area contributed by atoms with Crippen molar-refractivity contribution < 1.29 is 36.9 Å². The van der Waals surface area contributed by atoms with Crippen LogP contribution >= 0.6 is 22.7 Å². The molecule has 131 valence electrons. The van der Waals surface area contributed by atoms with Gasteiger partial charge in [-0.1, -0.05) is 36.4 Å². The van der Waals surface area contributed by atoms with Crippen molar-refractivity contribution in [3.8, 4) is 0 Å². The van der Waals surface area contributed by atoms with Crippen LogP contribution in [0.2, 0.25) is 0 Å². The molecule has 2 aromatic heterocycles. The zero-order valence-corrected chi connectivity index (χ0v) is 15.2. The van der Waals surface area contributed by atoms with Gasteiger partial charge in [-0.05, 0) is 35.0 Å². The molecule has 0 bridgehead atoms. The van der Waals surface area contributed by atoms with Gasteiger partial charge >= 0.3 is 11.9 Å². The van der Waals surface area contributed by atoms with Crippen LogP contribution in [0.1, 0.15) is 19.3 Å². The van der Waals surface area contributed by atoms with Crippen molar-refractivity contribution in [3.05, 3.63) is 70.4 Å². The molecule has 4 rings (SSSR count). The van der Waals surface area contributed by atoms with Gasteiger partial charge in [0, 0.05) is 26.5 Å². The summed E-state index contributed by atoms with van der Waals surface area (Å²) >= 11 is 2.61. The van der Waals surface area contributed by atoms with Crippen LogP contribution in [0.3, 0.4) is 0 Å². The second kappa shape index (κ2) is 8.27. The van der Waals surface area contributed by atoms with E-state index < -0.39 is 11.9 Å². The predicted molar refractivity (Wildman–Crippen MR) is 97.6 cm³/mol. The van der Waals surface area contributed by atoms with Gasteiger partial charge in [0.1, 0.15) is 9.75 Å². The van der Waals surface area contributed by atoms with E-state index in [0.29, 0.717) is 9.75 Å². The van der Waals surface area contributed by atoms with E-state index in [4.69, 9.17) is 10.2 Å². The SMILES string of the molecule is O=C(O)c1cc2ccccc2s1.O=C(O)c1cc2ccccc2s1.[Cu]. The van der Waals surface area contributed by atoms with Crippen molar-refractivity contribution in [2.75, 3.05) is 0 Å². The van der Waals surface area contributed by atoms with Gasteiger partial charge in [-0.25, -0.2) is 9.59 Å². The van der Waals surface area contributed by atoms with Crippen LogP contribution in [0.15, 0.2) is 60.7 Å². The monoisotopic (exact) mass is 419 g/mol. The van der Waals surface area contributed by atoms with Crippen LogP contribution < -0.4 is 0 Å². The van der Waals surface area contributed by atoms with Gasteiger partial charge in [0.15, 0.2) is 0 Å². The summed E-state index contributed by atoms with van der Waals surface area (Å²) in [5.41, 5.74) is 0. The molecular weight excluding hydrogens is 408 g/mol. The molecule has 4 nitrogen and oxygen atoms in total. The Morgan fingerprint density at radius 1 is 0.680 bits per heavy atom. The molecule has 2 aromatic carbocycles. The maximum Gasteiger partial charge on any atom is 0.345 e. The fourth-order valence-corrected chi connectivity index (χ4v) is 3.98. The number of aromatic carboxylic acids is 2. The summed E-state index contributed by atoms with van der Waals surface area (Å²) in [4.78, 5) is 22.0. The van der Waals surface area contributed by atoms with Crippen molar-refractivity contribution in [3.63, 3.8) is 0 Å². The van der Waals surface area contributed by atoms with E-state index in [1.807, 2.05) is 48.5 Å². The van der Waals surface area contributed by atoms with E-state index in [2.05, 4.69) is 0 Å². The standard InChI is InChI=1S/2C9H6O2S.Cu/c2*10-9(11)8-5-6-3-1-2-4-7(6)12-8;/h2*1-5H,(H,10,11);. The molecule has 0 saturated carbocycles. The first-order chi connectivity index (χ1) is 11.5. The summed E-state index contributed by atoms with van der Waals surface area (Å²) in [6.45, 7) is 0. The smallest absolute Gasteiger partial charge is 0.345 e. The molecule has 0 spiro atoms. The molecule has 0 fully saturated rings. The summed E-state index contributed by atoms with van der Waals surface area (Å²) in [7, 11) is 0. The molecule has 7 heteroatoms. The Balaban J connectivity index is 0.000000173. The van der Waals surface area contributed by atoms with E-state index in [1.54, 1.807) is 12.1 Å².